The van der Waals surface area contributed by atoms with Crippen molar-refractivity contribution < 1.29 is 8.42 Å². The van der Waals surface area contributed by atoms with Gasteiger partial charge in [0.2, 0.25) is 10.0 Å². The lowest BCUT2D eigenvalue weighted by molar-refractivity contribution is 0.577. The number of nitrogens with one attached hydrogen (secondary N) is 2. The lowest BCUT2D eigenvalue weighted by Gasteiger charge is -2.07. The van der Waals surface area contributed by atoms with Crippen LogP contribution in [0.15, 0.2) is 29.2 Å². The monoisotopic (exact) mass is 242 g/mol. The standard InChI is InChI=1S/C11H18N2O2S/c1-3-12-8-9-13-16(14,15)11-6-4-10(2)5-7-11/h4-7,12-13H,3,8-9H2,1-2H3. The van der Waals surface area contributed by atoms with E-state index in [2.05, 4.69) is 10.0 Å². The van der Waals surface area contributed by atoms with Crippen LogP contribution in [0.2, 0.25) is 0 Å². The van der Waals surface area contributed by atoms with Crippen LogP contribution in [0, 0.1) is 6.92 Å². The van der Waals surface area contributed by atoms with Crippen molar-refractivity contribution in [2.24, 2.45) is 0 Å². The van der Waals surface area contributed by atoms with Gasteiger partial charge in [0.15, 0.2) is 0 Å². The van der Waals surface area contributed by atoms with E-state index in [9.17, 15) is 8.42 Å². The van der Waals surface area contributed by atoms with E-state index in [-0.39, 0.29) is 0 Å². The van der Waals surface area contributed by atoms with Gasteiger partial charge in [-0.15, -0.1) is 0 Å². The third-order valence-electron chi connectivity index (χ3n) is 2.18. The molecule has 0 saturated heterocycles. The van der Waals surface area contributed by atoms with Crippen LogP contribution in [-0.2, 0) is 10.0 Å². The topological polar surface area (TPSA) is 58.2 Å². The van der Waals surface area contributed by atoms with Gasteiger partial charge in [0.25, 0.3) is 0 Å². The molecule has 1 aromatic rings. The van der Waals surface area contributed by atoms with E-state index in [4.69, 9.17) is 0 Å². The maximum Gasteiger partial charge on any atom is 0.240 e. The van der Waals surface area contributed by atoms with Crippen molar-refractivity contribution in [3.63, 3.8) is 0 Å². The number of sulfonamides is 1. The summed E-state index contributed by atoms with van der Waals surface area (Å²) in [7, 11) is -3.35. The van der Waals surface area contributed by atoms with Gasteiger partial charge in [0.05, 0.1) is 4.90 Å². The molecule has 1 rings (SSSR count). The lowest BCUT2D eigenvalue weighted by Crippen LogP contribution is -2.31. The Kier molecular flexibility index (Phi) is 4.92. The van der Waals surface area contributed by atoms with Crippen LogP contribution >= 0.6 is 0 Å². The highest BCUT2D eigenvalue weighted by Crippen LogP contribution is 2.09. The molecule has 0 aromatic heterocycles. The summed E-state index contributed by atoms with van der Waals surface area (Å²) < 4.78 is 26.1. The molecule has 5 heteroatoms. The van der Waals surface area contributed by atoms with Gasteiger partial charge in [-0.05, 0) is 25.6 Å². The first-order valence-corrected chi connectivity index (χ1v) is 6.81. The Morgan fingerprint density at radius 3 is 2.31 bits per heavy atom. The zero-order valence-corrected chi connectivity index (χ0v) is 10.5. The zero-order valence-electron chi connectivity index (χ0n) is 9.66. The van der Waals surface area contributed by atoms with Crippen LogP contribution in [0.5, 0.6) is 0 Å². The Hall–Kier alpha value is -0.910. The molecule has 0 unspecified atom stereocenters. The van der Waals surface area contributed by atoms with E-state index in [0.29, 0.717) is 18.0 Å². The summed E-state index contributed by atoms with van der Waals surface area (Å²) in [6.07, 6.45) is 0. The van der Waals surface area contributed by atoms with Crippen molar-refractivity contribution in [3.05, 3.63) is 29.8 Å². The summed E-state index contributed by atoms with van der Waals surface area (Å²) in [6, 6.07) is 6.81. The van der Waals surface area contributed by atoms with E-state index < -0.39 is 10.0 Å². The molecule has 0 aliphatic heterocycles. The molecule has 0 fully saturated rings. The van der Waals surface area contributed by atoms with Gasteiger partial charge < -0.3 is 5.32 Å². The summed E-state index contributed by atoms with van der Waals surface area (Å²) >= 11 is 0. The largest absolute Gasteiger partial charge is 0.316 e. The predicted molar refractivity (Wildman–Crippen MR) is 64.9 cm³/mol. The molecule has 4 nitrogen and oxygen atoms in total. The molecular weight excluding hydrogens is 224 g/mol. The number of hydrogen-bond acceptors (Lipinski definition) is 3. The molecule has 0 heterocycles. The van der Waals surface area contributed by atoms with Crippen LogP contribution < -0.4 is 10.0 Å². The molecule has 0 saturated carbocycles. The van der Waals surface area contributed by atoms with Crippen LogP contribution in [0.1, 0.15) is 12.5 Å². The van der Waals surface area contributed by atoms with E-state index in [1.165, 1.54) is 0 Å². The molecule has 90 valence electrons. The first-order chi connectivity index (χ1) is 7.56. The maximum absolute atomic E-state index is 11.8. The van der Waals surface area contributed by atoms with Crippen molar-refractivity contribution >= 4 is 10.0 Å². The highest BCUT2D eigenvalue weighted by atomic mass is 32.2. The maximum atomic E-state index is 11.8. The van der Waals surface area contributed by atoms with E-state index in [0.717, 1.165) is 12.1 Å². The summed E-state index contributed by atoms with van der Waals surface area (Å²) in [5, 5.41) is 3.05. The Bertz CT molecular complexity index is 412. The molecule has 0 atom stereocenters. The average Bonchev–Trinajstić information content (AvgIpc) is 2.25. The quantitative estimate of drug-likeness (QED) is 0.728. The molecule has 0 bridgehead atoms. The van der Waals surface area contributed by atoms with Crippen LogP contribution in [0.3, 0.4) is 0 Å². The van der Waals surface area contributed by atoms with Crippen molar-refractivity contribution in [2.45, 2.75) is 18.7 Å². The molecule has 0 spiro atoms. The molecule has 0 aliphatic rings. The van der Waals surface area contributed by atoms with Crippen LogP contribution in [0.25, 0.3) is 0 Å². The van der Waals surface area contributed by atoms with Gasteiger partial charge >= 0.3 is 0 Å². The second kappa shape index (κ2) is 5.98. The summed E-state index contributed by atoms with van der Waals surface area (Å²) in [6.45, 7) is 5.79. The first-order valence-electron chi connectivity index (χ1n) is 5.33. The number of aryl methyl sites for hydroxylation is 1. The van der Waals surface area contributed by atoms with E-state index in [1.807, 2.05) is 13.8 Å². The summed E-state index contributed by atoms with van der Waals surface area (Å²) in [5.74, 6) is 0. The average molecular weight is 242 g/mol. The third-order valence-corrected chi connectivity index (χ3v) is 3.65. The fourth-order valence-electron chi connectivity index (χ4n) is 1.25. The predicted octanol–water partition coefficient (Wildman–Crippen LogP) is 0.883. The minimum absolute atomic E-state index is 0.314. The highest BCUT2D eigenvalue weighted by Gasteiger charge is 2.11. The Morgan fingerprint density at radius 1 is 1.12 bits per heavy atom. The number of benzene rings is 1. The second-order valence-corrected chi connectivity index (χ2v) is 5.33. The van der Waals surface area contributed by atoms with Crippen LogP contribution in [-0.4, -0.2) is 28.1 Å². The van der Waals surface area contributed by atoms with Gasteiger partial charge in [0.1, 0.15) is 0 Å². The molecule has 0 radical (unpaired) electrons. The molecule has 16 heavy (non-hydrogen) atoms. The smallest absolute Gasteiger partial charge is 0.240 e. The Balaban J connectivity index is 2.60. The van der Waals surface area contributed by atoms with Gasteiger partial charge in [-0.1, -0.05) is 24.6 Å². The lowest BCUT2D eigenvalue weighted by atomic mass is 10.2. The number of rotatable bonds is 6. The molecule has 0 aliphatic carbocycles. The summed E-state index contributed by atoms with van der Waals surface area (Å²) in [5.41, 5.74) is 1.05. The van der Waals surface area contributed by atoms with Gasteiger partial charge in [-0.2, -0.15) is 0 Å². The fourth-order valence-corrected chi connectivity index (χ4v) is 2.28. The zero-order chi connectivity index (χ0) is 12.0. The van der Waals surface area contributed by atoms with Gasteiger partial charge in [0, 0.05) is 13.1 Å². The third kappa shape index (κ3) is 3.92. The number of hydrogen-bond donors (Lipinski definition) is 2. The first kappa shape index (κ1) is 13.2. The second-order valence-electron chi connectivity index (χ2n) is 3.56. The molecule has 1 aromatic carbocycles. The minimum atomic E-state index is -3.35. The van der Waals surface area contributed by atoms with Crippen molar-refractivity contribution in [1.29, 1.82) is 0 Å². The molecular formula is C11H18N2O2S. The van der Waals surface area contributed by atoms with Crippen molar-refractivity contribution in [3.8, 4) is 0 Å². The molecule has 2 N–H and O–H groups in total. The van der Waals surface area contributed by atoms with Gasteiger partial charge in [-0.3, -0.25) is 0 Å². The van der Waals surface area contributed by atoms with Crippen molar-refractivity contribution in [1.82, 2.24) is 10.0 Å². The van der Waals surface area contributed by atoms with E-state index >= 15 is 0 Å². The number of likely N-dealkylation sites (N-methyl/N-ethyl adjacent to an activating group) is 1. The van der Waals surface area contributed by atoms with Gasteiger partial charge in [-0.25, -0.2) is 13.1 Å². The SMILES string of the molecule is CCNCCNS(=O)(=O)c1ccc(C)cc1. The van der Waals surface area contributed by atoms with Crippen molar-refractivity contribution in [2.75, 3.05) is 19.6 Å². The highest BCUT2D eigenvalue weighted by molar-refractivity contribution is 7.89. The van der Waals surface area contributed by atoms with Crippen LogP contribution in [0.4, 0.5) is 0 Å². The Labute approximate surface area is 97.1 Å². The summed E-state index contributed by atoms with van der Waals surface area (Å²) in [4.78, 5) is 0.314. The normalized spacial score (nSPS) is 11.6. The minimum Gasteiger partial charge on any atom is -0.316 e. The fraction of sp³-hybridized carbons (Fsp3) is 0.455. The molecule has 0 amide bonds. The van der Waals surface area contributed by atoms with E-state index in [1.54, 1.807) is 24.3 Å². The Morgan fingerprint density at radius 2 is 1.75 bits per heavy atom.